The van der Waals surface area contributed by atoms with E-state index in [0.717, 1.165) is 73.1 Å². The number of hydrogen-bond acceptors (Lipinski definition) is 3. The van der Waals surface area contributed by atoms with Gasteiger partial charge in [-0.05, 0) is 289 Å². The van der Waals surface area contributed by atoms with Crippen LogP contribution < -0.4 is 0 Å². The Labute approximate surface area is 526 Å². The molecule has 15 aliphatic rings. The van der Waals surface area contributed by atoms with Crippen molar-refractivity contribution < 1.29 is 14.2 Å². The predicted octanol–water partition coefficient (Wildman–Crippen LogP) is 23.7. The third kappa shape index (κ3) is 12.2. The molecule has 8 saturated carbocycles. The zero-order valence-corrected chi connectivity index (χ0v) is 58.8. The maximum atomic E-state index is 6.46. The number of fused-ring (bicyclic) bond motifs is 12. The van der Waals surface area contributed by atoms with Crippen molar-refractivity contribution in [1.82, 2.24) is 0 Å². The van der Waals surface area contributed by atoms with Gasteiger partial charge in [0.25, 0.3) is 0 Å². The van der Waals surface area contributed by atoms with Crippen LogP contribution in [0.25, 0.3) is 0 Å². The maximum Gasteiger partial charge on any atom is 0.0764 e. The molecular weight excluding hydrogens is 1030 g/mol. The lowest BCUT2D eigenvalue weighted by Crippen LogP contribution is -2.61. The molecule has 0 aromatic carbocycles. The zero-order valence-electron chi connectivity index (χ0n) is 58.8. The number of rotatable bonds is 0. The summed E-state index contributed by atoms with van der Waals surface area (Å²) < 4.78 is 18.6. The Balaban J connectivity index is 0.000000111. The predicted molar refractivity (Wildman–Crippen MR) is 361 cm³/mol. The molecule has 15 rings (SSSR count). The molecule has 0 aromatic heterocycles. The smallest absolute Gasteiger partial charge is 0.0764 e. The zero-order chi connectivity index (χ0) is 60.5. The van der Waals surface area contributed by atoms with Crippen molar-refractivity contribution >= 4 is 0 Å². The molecule has 11 fully saturated rings. The molecule has 12 aliphatic carbocycles. The molecule has 3 aliphatic heterocycles. The molecule has 3 heterocycles. The fourth-order valence-corrected chi connectivity index (χ4v) is 26.7. The van der Waals surface area contributed by atoms with Gasteiger partial charge in [-0.2, -0.15) is 0 Å². The average Bonchev–Trinajstić information content (AvgIpc) is 1.91. The van der Waals surface area contributed by atoms with E-state index in [1.807, 2.05) is 11.1 Å². The normalized spacial score (nSPS) is 45.5. The van der Waals surface area contributed by atoms with Gasteiger partial charge in [0.15, 0.2) is 0 Å². The van der Waals surface area contributed by atoms with E-state index in [1.54, 1.807) is 11.1 Å². The molecule has 3 nitrogen and oxygen atoms in total. The van der Waals surface area contributed by atoms with Crippen LogP contribution in [-0.4, -0.2) is 37.6 Å². The van der Waals surface area contributed by atoms with E-state index in [1.165, 1.54) is 225 Å². The highest BCUT2D eigenvalue weighted by Gasteiger charge is 2.64. The van der Waals surface area contributed by atoms with Crippen LogP contribution in [0.5, 0.6) is 0 Å². The third-order valence-corrected chi connectivity index (χ3v) is 30.8. The molecule has 3 saturated heterocycles. The second-order valence-corrected chi connectivity index (χ2v) is 37.4. The summed E-state index contributed by atoms with van der Waals surface area (Å²) in [5.41, 5.74) is 12.4. The molecular formula is C82H136O3. The van der Waals surface area contributed by atoms with Crippen LogP contribution in [0.15, 0.2) is 46.6 Å². The molecule has 0 amide bonds. The van der Waals surface area contributed by atoms with Crippen molar-refractivity contribution in [1.29, 1.82) is 0 Å². The first-order chi connectivity index (χ1) is 40.2. The summed E-state index contributed by atoms with van der Waals surface area (Å²) in [6.07, 6.45) is 59.3. The van der Waals surface area contributed by atoms with Gasteiger partial charge in [0.05, 0.1) is 17.8 Å². The Morgan fingerprint density at radius 3 is 1.47 bits per heavy atom. The second-order valence-electron chi connectivity index (χ2n) is 37.4. The first kappa shape index (κ1) is 65.3. The Morgan fingerprint density at radius 2 is 0.871 bits per heavy atom. The second kappa shape index (κ2) is 25.0. The van der Waals surface area contributed by atoms with Crippen molar-refractivity contribution in [3.8, 4) is 0 Å². The number of ether oxygens (including phenoxy) is 3. The third-order valence-electron chi connectivity index (χ3n) is 30.8. The Hall–Kier alpha value is -1.16. The van der Waals surface area contributed by atoms with Gasteiger partial charge < -0.3 is 14.2 Å². The van der Waals surface area contributed by atoms with Gasteiger partial charge in [-0.3, -0.25) is 0 Å². The Morgan fingerprint density at radius 1 is 0.365 bits per heavy atom. The first-order valence-corrected chi connectivity index (χ1v) is 37.8. The van der Waals surface area contributed by atoms with E-state index in [4.69, 9.17) is 14.2 Å². The lowest BCUT2D eigenvalue weighted by molar-refractivity contribution is -0.213. The highest BCUT2D eigenvalue weighted by molar-refractivity contribution is 5.34. The number of allylic oxidation sites excluding steroid dienone is 8. The lowest BCUT2D eigenvalue weighted by Gasteiger charge is -2.63. The van der Waals surface area contributed by atoms with Gasteiger partial charge in [-0.15, -0.1) is 0 Å². The molecule has 12 unspecified atom stereocenters. The molecule has 85 heavy (non-hydrogen) atoms. The fourth-order valence-electron chi connectivity index (χ4n) is 26.7. The SMILES string of the molecule is CC1(C)CCCC2(C)C3CCCOC3CCC12.CC1(C)CCCC2C3=C(CC=CC3)CCC21.CC1(C)CCC[C@]2(C)C1CCC1OCCC[C@H]12.CC1(C)CCC[C@]2(C)C3=C(CC=CC3)CCC12.CC1CCC2C(C)(C)CCC[C@]2(C)C12CCCO2. The van der Waals surface area contributed by atoms with Crippen molar-refractivity contribution in [2.45, 2.75) is 346 Å². The monoisotopic (exact) mass is 1170 g/mol. The molecule has 16 atom stereocenters. The van der Waals surface area contributed by atoms with Crippen LogP contribution in [-0.2, 0) is 14.2 Å². The minimum atomic E-state index is 0.216. The summed E-state index contributed by atoms with van der Waals surface area (Å²) in [4.78, 5) is 0. The standard InChI is InChI=1S/C17H30O.C17H26.2C16H28O.C16H24/c1-13-7-8-14-15(2,3)9-5-10-16(14,4)17(13)11-6-12-18-17;1-16(2)11-6-12-17(3)14-8-5-4-7-13(14)9-10-15(16)17;2*1-15(2)9-5-10-16(3)12-6-4-11-17-13(12)7-8-14(15)16;1-16(2)11-5-8-14-13-7-4-3-6-12(13)9-10-15(14)16/h13-14H,5-12H2,1-4H3;4-5,15H,6-12H2,1-3H3;2*12-14H,4-11H2,1-3H3;3-4,14-15H,5-11H2,1-2H3/t13?,14?,16-,17?;15?,17-;12-,13?,14?,16+;;/m011../s1. The van der Waals surface area contributed by atoms with Crippen LogP contribution >= 0.6 is 0 Å². The Bertz CT molecular complexity index is 2360. The summed E-state index contributed by atoms with van der Waals surface area (Å²) in [6.45, 7) is 40.9. The lowest BCUT2D eigenvalue weighted by atomic mass is 9.44. The topological polar surface area (TPSA) is 27.7 Å². The summed E-state index contributed by atoms with van der Waals surface area (Å²) in [5.74, 6) is 8.06. The van der Waals surface area contributed by atoms with Crippen LogP contribution in [0.4, 0.5) is 0 Å². The van der Waals surface area contributed by atoms with E-state index >= 15 is 0 Å². The maximum absolute atomic E-state index is 6.46. The van der Waals surface area contributed by atoms with E-state index in [2.05, 4.69) is 128 Å². The first-order valence-electron chi connectivity index (χ1n) is 37.8. The van der Waals surface area contributed by atoms with Gasteiger partial charge in [0.2, 0.25) is 0 Å². The molecule has 1 spiro atoms. The van der Waals surface area contributed by atoms with Crippen LogP contribution in [0.2, 0.25) is 0 Å². The summed E-state index contributed by atoms with van der Waals surface area (Å²) >= 11 is 0. The van der Waals surface area contributed by atoms with Crippen LogP contribution in [0, 0.1) is 102 Å². The quantitative estimate of drug-likeness (QED) is 0.226. The summed E-state index contributed by atoms with van der Waals surface area (Å²) in [5, 5.41) is 0. The van der Waals surface area contributed by atoms with Gasteiger partial charge in [-0.1, -0.05) is 183 Å². The minimum absolute atomic E-state index is 0.216. The van der Waals surface area contributed by atoms with Gasteiger partial charge in [-0.25, -0.2) is 0 Å². The van der Waals surface area contributed by atoms with Gasteiger partial charge in [0, 0.05) is 25.2 Å². The minimum Gasteiger partial charge on any atom is -0.378 e. The largest absolute Gasteiger partial charge is 0.378 e. The summed E-state index contributed by atoms with van der Waals surface area (Å²) in [6, 6.07) is 0. The van der Waals surface area contributed by atoms with Crippen molar-refractivity contribution in [2.75, 3.05) is 19.8 Å². The van der Waals surface area contributed by atoms with Crippen LogP contribution in [0.3, 0.4) is 0 Å². The fraction of sp³-hybridized carbons (Fsp3) is 0.902. The van der Waals surface area contributed by atoms with Crippen LogP contribution in [0.1, 0.15) is 329 Å². The van der Waals surface area contributed by atoms with E-state index in [9.17, 15) is 0 Å². The molecule has 482 valence electrons. The van der Waals surface area contributed by atoms with Gasteiger partial charge in [0.1, 0.15) is 0 Å². The van der Waals surface area contributed by atoms with Crippen molar-refractivity contribution in [3.63, 3.8) is 0 Å². The Kier molecular flexibility index (Phi) is 19.3. The van der Waals surface area contributed by atoms with Crippen molar-refractivity contribution in [3.05, 3.63) is 46.6 Å². The highest BCUT2D eigenvalue weighted by Crippen LogP contribution is 2.68. The average molecular weight is 1170 g/mol. The molecule has 0 radical (unpaired) electrons. The molecule has 0 bridgehead atoms. The van der Waals surface area contributed by atoms with E-state index < -0.39 is 0 Å². The summed E-state index contributed by atoms with van der Waals surface area (Å²) in [7, 11) is 0. The number of hydrogen-bond donors (Lipinski definition) is 0. The van der Waals surface area contributed by atoms with Crippen molar-refractivity contribution in [2.24, 2.45) is 102 Å². The van der Waals surface area contributed by atoms with E-state index in [0.29, 0.717) is 60.9 Å². The molecule has 3 heteroatoms. The van der Waals surface area contributed by atoms with Gasteiger partial charge >= 0.3 is 0 Å². The highest BCUT2D eigenvalue weighted by atomic mass is 16.5. The molecule has 0 N–H and O–H groups in total. The molecule has 0 aromatic rings. The van der Waals surface area contributed by atoms with E-state index in [-0.39, 0.29) is 5.60 Å².